The van der Waals surface area contributed by atoms with Crippen molar-refractivity contribution in [2.24, 2.45) is 0 Å². The summed E-state index contributed by atoms with van der Waals surface area (Å²) in [4.78, 5) is 30.5. The fourth-order valence-corrected chi connectivity index (χ4v) is 5.64. The molecule has 2 amide bonds. The highest BCUT2D eigenvalue weighted by Gasteiger charge is 2.47. The van der Waals surface area contributed by atoms with Gasteiger partial charge in [-0.3, -0.25) is 9.59 Å². The Kier molecular flexibility index (Phi) is 5.96. The second kappa shape index (κ2) is 9.06. The Morgan fingerprint density at radius 3 is 2.47 bits per heavy atom. The van der Waals surface area contributed by atoms with E-state index in [1.54, 1.807) is 38.1 Å². The topological polar surface area (TPSA) is 67.9 Å². The highest BCUT2D eigenvalue weighted by atomic mass is 32.2. The molecule has 5 rings (SSSR count). The molecule has 1 N–H and O–H groups in total. The lowest BCUT2D eigenvalue weighted by molar-refractivity contribution is -0.119. The van der Waals surface area contributed by atoms with Crippen LogP contribution < -0.4 is 14.8 Å². The molecular formula is C27H26N2O4S. The Bertz CT molecular complexity index is 1280. The summed E-state index contributed by atoms with van der Waals surface area (Å²) in [5.41, 5.74) is 4.07. The van der Waals surface area contributed by atoms with Crippen LogP contribution in [0.3, 0.4) is 0 Å². The van der Waals surface area contributed by atoms with E-state index in [1.165, 1.54) is 5.56 Å². The number of hydrogen-bond acceptors (Lipinski definition) is 5. The van der Waals surface area contributed by atoms with Gasteiger partial charge >= 0.3 is 0 Å². The fraction of sp³-hybridized carbons (Fsp3) is 0.259. The number of benzene rings is 3. The average Bonchev–Trinajstić information content (AvgIpc) is 2.88. The van der Waals surface area contributed by atoms with Crippen molar-refractivity contribution in [2.45, 2.75) is 23.3 Å². The number of carbonyl (C=O) groups excluding carboxylic acids is 2. The van der Waals surface area contributed by atoms with Crippen molar-refractivity contribution in [2.75, 3.05) is 32.3 Å². The lowest BCUT2D eigenvalue weighted by atomic mass is 9.75. The van der Waals surface area contributed by atoms with Gasteiger partial charge in [-0.05, 0) is 53.6 Å². The normalized spacial score (nSPS) is 18.4. The summed E-state index contributed by atoms with van der Waals surface area (Å²) in [7, 11) is 3.10. The number of ether oxygens (including phenoxy) is 2. The van der Waals surface area contributed by atoms with E-state index < -0.39 is 12.0 Å². The van der Waals surface area contributed by atoms with Crippen LogP contribution in [0.1, 0.15) is 39.0 Å². The van der Waals surface area contributed by atoms with Gasteiger partial charge in [0, 0.05) is 17.0 Å². The number of nitrogens with zero attached hydrogens (tertiary/aromatic N) is 1. The minimum absolute atomic E-state index is 0.0935. The molecule has 0 unspecified atom stereocenters. The molecule has 0 bridgehead atoms. The SMILES string of the molecule is COc1cc2c(cc1OC)[C@H](C(=O)Nc1ccccc1SC)[C@@H]1c3ccccc3CCN1C2=O. The van der Waals surface area contributed by atoms with E-state index in [9.17, 15) is 9.59 Å². The molecule has 0 saturated heterocycles. The monoisotopic (exact) mass is 474 g/mol. The van der Waals surface area contributed by atoms with Gasteiger partial charge < -0.3 is 19.7 Å². The first kappa shape index (κ1) is 22.3. The fourth-order valence-electron chi connectivity index (χ4n) is 5.09. The number of nitrogens with one attached hydrogen (secondary N) is 1. The minimum Gasteiger partial charge on any atom is -0.493 e. The molecule has 174 valence electrons. The molecule has 3 aromatic rings. The predicted octanol–water partition coefficient (Wildman–Crippen LogP) is 4.90. The minimum atomic E-state index is -0.608. The average molecular weight is 475 g/mol. The van der Waals surface area contributed by atoms with Crippen molar-refractivity contribution in [1.29, 1.82) is 0 Å². The molecule has 0 aromatic heterocycles. The van der Waals surface area contributed by atoms with Crippen molar-refractivity contribution in [3.8, 4) is 11.5 Å². The summed E-state index contributed by atoms with van der Waals surface area (Å²) in [5.74, 6) is 0.105. The maximum Gasteiger partial charge on any atom is 0.254 e. The molecule has 3 aromatic carbocycles. The number of rotatable bonds is 5. The quantitative estimate of drug-likeness (QED) is 0.533. The Hall–Kier alpha value is -3.45. The van der Waals surface area contributed by atoms with Crippen molar-refractivity contribution >= 4 is 29.3 Å². The van der Waals surface area contributed by atoms with E-state index in [4.69, 9.17) is 9.47 Å². The zero-order valence-electron chi connectivity index (χ0n) is 19.3. The summed E-state index contributed by atoms with van der Waals surface area (Å²) in [6, 6.07) is 18.9. The number of anilines is 1. The number of hydrogen-bond donors (Lipinski definition) is 1. The first-order valence-electron chi connectivity index (χ1n) is 11.2. The number of amides is 2. The third kappa shape index (κ3) is 3.60. The van der Waals surface area contributed by atoms with Crippen LogP contribution in [0.4, 0.5) is 5.69 Å². The third-order valence-electron chi connectivity index (χ3n) is 6.68. The van der Waals surface area contributed by atoms with Crippen LogP contribution in [0.15, 0.2) is 65.6 Å². The van der Waals surface area contributed by atoms with E-state index >= 15 is 0 Å². The predicted molar refractivity (Wildman–Crippen MR) is 133 cm³/mol. The molecule has 2 aliphatic rings. The van der Waals surface area contributed by atoms with Crippen LogP contribution in [0.5, 0.6) is 11.5 Å². The zero-order chi connectivity index (χ0) is 23.8. The largest absolute Gasteiger partial charge is 0.493 e. The van der Waals surface area contributed by atoms with E-state index in [-0.39, 0.29) is 11.8 Å². The molecule has 0 spiro atoms. The van der Waals surface area contributed by atoms with Crippen LogP contribution >= 0.6 is 11.8 Å². The molecule has 0 radical (unpaired) electrons. The van der Waals surface area contributed by atoms with E-state index in [0.717, 1.165) is 22.6 Å². The van der Waals surface area contributed by atoms with Crippen molar-refractivity contribution in [3.05, 3.63) is 82.9 Å². The summed E-state index contributed by atoms with van der Waals surface area (Å²) in [6.07, 6.45) is 2.74. The van der Waals surface area contributed by atoms with E-state index in [0.29, 0.717) is 29.2 Å². The number of methoxy groups -OCH3 is 2. The van der Waals surface area contributed by atoms with E-state index in [1.807, 2.05) is 53.6 Å². The molecule has 6 nitrogen and oxygen atoms in total. The Morgan fingerprint density at radius 2 is 1.71 bits per heavy atom. The molecule has 2 aliphatic heterocycles. The van der Waals surface area contributed by atoms with E-state index in [2.05, 4.69) is 11.4 Å². The molecule has 2 atom stereocenters. The van der Waals surface area contributed by atoms with Crippen LogP contribution in [0.2, 0.25) is 0 Å². The summed E-state index contributed by atoms with van der Waals surface area (Å²) < 4.78 is 11.0. The Balaban J connectivity index is 1.68. The number of fused-ring (bicyclic) bond motifs is 4. The third-order valence-corrected chi connectivity index (χ3v) is 7.47. The van der Waals surface area contributed by atoms with Gasteiger partial charge in [-0.2, -0.15) is 0 Å². The highest BCUT2D eigenvalue weighted by molar-refractivity contribution is 7.98. The van der Waals surface area contributed by atoms with Gasteiger partial charge in [0.15, 0.2) is 11.5 Å². The van der Waals surface area contributed by atoms with Crippen molar-refractivity contribution < 1.29 is 19.1 Å². The van der Waals surface area contributed by atoms with Crippen LogP contribution in [-0.4, -0.2) is 43.7 Å². The second-order valence-electron chi connectivity index (χ2n) is 8.35. The van der Waals surface area contributed by atoms with Crippen LogP contribution in [0.25, 0.3) is 0 Å². The molecule has 0 aliphatic carbocycles. The highest BCUT2D eigenvalue weighted by Crippen LogP contribution is 2.48. The second-order valence-corrected chi connectivity index (χ2v) is 9.20. The van der Waals surface area contributed by atoms with Gasteiger partial charge in [-0.15, -0.1) is 11.8 Å². The lowest BCUT2D eigenvalue weighted by Crippen LogP contribution is -2.49. The van der Waals surface area contributed by atoms with Gasteiger partial charge in [-0.25, -0.2) is 0 Å². The van der Waals surface area contributed by atoms with Gasteiger partial charge in [0.2, 0.25) is 5.91 Å². The number of thioether (sulfide) groups is 1. The molecule has 0 fully saturated rings. The molecule has 34 heavy (non-hydrogen) atoms. The van der Waals surface area contributed by atoms with Gasteiger partial charge in [-0.1, -0.05) is 36.4 Å². The zero-order valence-corrected chi connectivity index (χ0v) is 20.1. The smallest absolute Gasteiger partial charge is 0.254 e. The summed E-state index contributed by atoms with van der Waals surface area (Å²) >= 11 is 1.58. The molecule has 7 heteroatoms. The first-order valence-corrected chi connectivity index (χ1v) is 12.4. The van der Waals surface area contributed by atoms with Crippen LogP contribution in [-0.2, 0) is 11.2 Å². The van der Waals surface area contributed by atoms with Gasteiger partial charge in [0.05, 0.1) is 31.9 Å². The Labute approximate surface area is 203 Å². The number of carbonyl (C=O) groups is 2. The van der Waals surface area contributed by atoms with Crippen LogP contribution in [0, 0.1) is 0 Å². The maximum absolute atomic E-state index is 14.0. The maximum atomic E-state index is 14.0. The Morgan fingerprint density at radius 1 is 1.00 bits per heavy atom. The summed E-state index contributed by atoms with van der Waals surface area (Å²) in [5, 5.41) is 3.15. The van der Waals surface area contributed by atoms with Gasteiger partial charge in [0.1, 0.15) is 0 Å². The summed E-state index contributed by atoms with van der Waals surface area (Å²) in [6.45, 7) is 0.555. The van der Waals surface area contributed by atoms with Crippen molar-refractivity contribution in [3.63, 3.8) is 0 Å². The van der Waals surface area contributed by atoms with Crippen molar-refractivity contribution in [1.82, 2.24) is 4.90 Å². The number of para-hydroxylation sites is 1. The first-order chi connectivity index (χ1) is 16.6. The molecule has 2 heterocycles. The standard InChI is InChI=1S/C27H26N2O4S/c1-32-21-14-18-19(15-22(21)33-2)27(31)29-13-12-16-8-4-5-9-17(16)25(29)24(18)26(30)28-20-10-6-7-11-23(20)34-3/h4-11,14-15,24-25H,12-13H2,1-3H3,(H,28,30)/t24-,25-/m0/s1. The molecular weight excluding hydrogens is 448 g/mol. The lowest BCUT2D eigenvalue weighted by Gasteiger charge is -2.45. The molecule has 0 saturated carbocycles. The van der Waals surface area contributed by atoms with Gasteiger partial charge in [0.25, 0.3) is 5.91 Å².